The van der Waals surface area contributed by atoms with Crippen molar-refractivity contribution in [3.63, 3.8) is 0 Å². The van der Waals surface area contributed by atoms with Crippen LogP contribution in [0.25, 0.3) is 0 Å². The first-order valence-corrected chi connectivity index (χ1v) is 13.2. The van der Waals surface area contributed by atoms with Crippen molar-refractivity contribution in [2.75, 3.05) is 0 Å². The number of unbranched alkanes of at least 4 members (excludes halogenated alkanes) is 13. The number of carbonyl (C=O) groups excluding carboxylic acids is 1. The zero-order valence-corrected chi connectivity index (χ0v) is 20.4. The van der Waals surface area contributed by atoms with Crippen molar-refractivity contribution in [2.24, 2.45) is 16.3 Å². The molecule has 0 saturated heterocycles. The number of nitrogens with zero attached hydrogens (tertiary/aromatic N) is 1. The molecule has 32 heavy (non-hydrogen) atoms. The molecule has 1 aliphatic rings. The molecule has 4 nitrogen and oxygen atoms in total. The number of hydrogen-bond donors (Lipinski definition) is 2. The summed E-state index contributed by atoms with van der Waals surface area (Å²) in [5.74, 6) is 0.129. The number of carbonyl (C=O) groups is 1. The Morgan fingerprint density at radius 1 is 0.812 bits per heavy atom. The van der Waals surface area contributed by atoms with Crippen LogP contribution in [0.4, 0.5) is 0 Å². The van der Waals surface area contributed by atoms with Gasteiger partial charge in [-0.1, -0.05) is 120 Å². The number of ketones is 1. The molecule has 1 saturated carbocycles. The van der Waals surface area contributed by atoms with Gasteiger partial charge in [-0.15, -0.1) is 0 Å². The minimum Gasteiger partial charge on any atom is -0.409 e. The molecular weight excluding hydrogens is 396 g/mol. The van der Waals surface area contributed by atoms with E-state index < -0.39 is 5.41 Å². The predicted molar refractivity (Wildman–Crippen MR) is 134 cm³/mol. The highest BCUT2D eigenvalue weighted by Crippen LogP contribution is 2.47. The molecule has 2 rings (SSSR count). The van der Waals surface area contributed by atoms with Crippen LogP contribution in [0, 0.1) is 5.41 Å². The van der Waals surface area contributed by atoms with E-state index in [4.69, 9.17) is 10.9 Å². The maximum atomic E-state index is 12.5. The molecule has 1 aliphatic carbocycles. The maximum absolute atomic E-state index is 12.5. The minimum atomic E-state index is -0.707. The number of Topliss-reactive ketones (excluding diaryl/α,β-unsaturated/α-hetero) is 1. The van der Waals surface area contributed by atoms with E-state index in [1.165, 1.54) is 95.5 Å². The SMILES string of the molecule is CCCCCCCCCCCCCCCCc1ccc(CC(=O)C2(/C(N)=N/O)CC2)cc1. The fourth-order valence-corrected chi connectivity index (χ4v) is 4.60. The first-order valence-electron chi connectivity index (χ1n) is 13.2. The molecule has 0 atom stereocenters. The Morgan fingerprint density at radius 3 is 1.69 bits per heavy atom. The Hall–Kier alpha value is -1.84. The average molecular weight is 443 g/mol. The Bertz CT molecular complexity index is 677. The summed E-state index contributed by atoms with van der Waals surface area (Å²) < 4.78 is 0. The van der Waals surface area contributed by atoms with Gasteiger partial charge in [0.1, 0.15) is 0 Å². The number of benzene rings is 1. The van der Waals surface area contributed by atoms with Crippen LogP contribution in [0.5, 0.6) is 0 Å². The first kappa shape index (κ1) is 26.4. The van der Waals surface area contributed by atoms with E-state index >= 15 is 0 Å². The smallest absolute Gasteiger partial charge is 0.152 e. The van der Waals surface area contributed by atoms with Crippen LogP contribution in [-0.4, -0.2) is 16.8 Å². The van der Waals surface area contributed by atoms with Crippen LogP contribution in [0.3, 0.4) is 0 Å². The van der Waals surface area contributed by atoms with Crippen molar-refractivity contribution in [3.8, 4) is 0 Å². The normalized spacial score (nSPS) is 15.1. The van der Waals surface area contributed by atoms with E-state index in [1.54, 1.807) is 0 Å². The van der Waals surface area contributed by atoms with Crippen LogP contribution >= 0.6 is 0 Å². The molecule has 0 bridgehead atoms. The van der Waals surface area contributed by atoms with E-state index in [-0.39, 0.29) is 11.6 Å². The molecule has 0 aromatic heterocycles. The zero-order chi connectivity index (χ0) is 23.1. The fraction of sp³-hybridized carbons (Fsp3) is 0.714. The topological polar surface area (TPSA) is 75.7 Å². The van der Waals surface area contributed by atoms with Gasteiger partial charge < -0.3 is 10.9 Å². The van der Waals surface area contributed by atoms with Crippen LogP contribution < -0.4 is 5.73 Å². The van der Waals surface area contributed by atoms with Gasteiger partial charge in [0.25, 0.3) is 0 Å². The lowest BCUT2D eigenvalue weighted by molar-refractivity contribution is -0.121. The largest absolute Gasteiger partial charge is 0.409 e. The molecular formula is C28H46N2O2. The van der Waals surface area contributed by atoms with Crippen molar-refractivity contribution in [3.05, 3.63) is 35.4 Å². The van der Waals surface area contributed by atoms with E-state index in [0.717, 1.165) is 12.0 Å². The third-order valence-electron chi connectivity index (χ3n) is 7.09. The molecule has 0 radical (unpaired) electrons. The second-order valence-electron chi connectivity index (χ2n) is 9.83. The summed E-state index contributed by atoms with van der Waals surface area (Å²) in [4.78, 5) is 12.5. The second-order valence-corrected chi connectivity index (χ2v) is 9.83. The monoisotopic (exact) mass is 442 g/mol. The van der Waals surface area contributed by atoms with Gasteiger partial charge >= 0.3 is 0 Å². The van der Waals surface area contributed by atoms with Gasteiger partial charge in [-0.25, -0.2) is 0 Å². The lowest BCUT2D eigenvalue weighted by Gasteiger charge is -2.12. The third kappa shape index (κ3) is 9.34. The summed E-state index contributed by atoms with van der Waals surface area (Å²) in [5, 5.41) is 12.0. The number of aryl methyl sites for hydroxylation is 1. The Balaban J connectivity index is 1.47. The fourth-order valence-electron chi connectivity index (χ4n) is 4.60. The van der Waals surface area contributed by atoms with E-state index in [2.05, 4.69) is 36.3 Å². The van der Waals surface area contributed by atoms with Gasteiger partial charge in [-0.2, -0.15) is 0 Å². The van der Waals surface area contributed by atoms with Crippen LogP contribution in [-0.2, 0) is 17.6 Å². The van der Waals surface area contributed by atoms with Gasteiger partial charge in [0, 0.05) is 6.42 Å². The van der Waals surface area contributed by atoms with Crippen molar-refractivity contribution in [2.45, 2.75) is 122 Å². The molecule has 0 spiro atoms. The highest BCUT2D eigenvalue weighted by atomic mass is 16.4. The molecule has 0 aliphatic heterocycles. The lowest BCUT2D eigenvalue weighted by Crippen LogP contribution is -2.33. The number of hydrogen-bond acceptors (Lipinski definition) is 3. The molecule has 4 heteroatoms. The highest BCUT2D eigenvalue weighted by Gasteiger charge is 2.53. The van der Waals surface area contributed by atoms with Crippen molar-refractivity contribution in [1.82, 2.24) is 0 Å². The molecule has 1 fully saturated rings. The average Bonchev–Trinajstić information content (AvgIpc) is 3.62. The second kappa shape index (κ2) is 15.1. The number of rotatable bonds is 19. The summed E-state index contributed by atoms with van der Waals surface area (Å²) >= 11 is 0. The molecule has 3 N–H and O–H groups in total. The summed E-state index contributed by atoms with van der Waals surface area (Å²) in [7, 11) is 0. The van der Waals surface area contributed by atoms with E-state index in [9.17, 15) is 4.79 Å². The van der Waals surface area contributed by atoms with E-state index in [1.807, 2.05) is 0 Å². The lowest BCUT2D eigenvalue weighted by atomic mass is 9.93. The Morgan fingerprint density at radius 2 is 1.25 bits per heavy atom. The van der Waals surface area contributed by atoms with Crippen LogP contribution in [0.2, 0.25) is 0 Å². The summed E-state index contributed by atoms with van der Waals surface area (Å²) in [6, 6.07) is 8.40. The Kier molecular flexibility index (Phi) is 12.4. The van der Waals surface area contributed by atoms with E-state index in [0.29, 0.717) is 19.3 Å². The standard InChI is InChI=1S/C28H46N2O2/c1-2-3-4-5-6-7-8-9-10-11-12-13-14-15-16-24-17-19-25(20-18-24)23-26(31)28(21-22-28)27(29)30-32/h17-20,32H,2-16,21-23H2,1H3,(H2,29,30). The van der Waals surface area contributed by atoms with Crippen molar-refractivity contribution >= 4 is 11.6 Å². The summed E-state index contributed by atoms with van der Waals surface area (Å²) in [6.45, 7) is 2.28. The molecule has 0 heterocycles. The summed E-state index contributed by atoms with van der Waals surface area (Å²) in [5.41, 5.74) is 7.36. The number of amidine groups is 1. The molecule has 1 aromatic rings. The van der Waals surface area contributed by atoms with Gasteiger partial charge in [0.2, 0.25) is 0 Å². The highest BCUT2D eigenvalue weighted by molar-refractivity contribution is 6.10. The zero-order valence-electron chi connectivity index (χ0n) is 20.4. The van der Waals surface area contributed by atoms with Crippen LogP contribution in [0.15, 0.2) is 29.4 Å². The van der Waals surface area contributed by atoms with Crippen molar-refractivity contribution < 1.29 is 10.0 Å². The first-order chi connectivity index (χ1) is 15.6. The molecule has 0 amide bonds. The van der Waals surface area contributed by atoms with Gasteiger partial charge in [0.15, 0.2) is 11.6 Å². The third-order valence-corrected chi connectivity index (χ3v) is 7.09. The van der Waals surface area contributed by atoms with Gasteiger partial charge in [-0.3, -0.25) is 4.79 Å². The molecule has 180 valence electrons. The quantitative estimate of drug-likeness (QED) is 0.0773. The van der Waals surface area contributed by atoms with Gasteiger partial charge in [0.05, 0.1) is 5.41 Å². The molecule has 0 unspecified atom stereocenters. The summed E-state index contributed by atoms with van der Waals surface area (Å²) in [6.07, 6.45) is 22.3. The maximum Gasteiger partial charge on any atom is 0.152 e. The predicted octanol–water partition coefficient (Wildman–Crippen LogP) is 7.35. The number of oxime groups is 1. The van der Waals surface area contributed by atoms with Crippen LogP contribution in [0.1, 0.15) is 121 Å². The molecule has 1 aromatic carbocycles. The minimum absolute atomic E-state index is 0.0625. The number of nitrogens with two attached hydrogens (primary N) is 1. The Labute approximate surface area is 196 Å². The van der Waals surface area contributed by atoms with Gasteiger partial charge in [-0.05, 0) is 36.8 Å². The van der Waals surface area contributed by atoms with Crippen molar-refractivity contribution in [1.29, 1.82) is 0 Å².